The molecular weight excluding hydrogens is 304 g/mol. The monoisotopic (exact) mass is 315 g/mol. The van der Waals surface area contributed by atoms with Crippen molar-refractivity contribution in [3.63, 3.8) is 0 Å². The second-order valence-electron chi connectivity index (χ2n) is 5.12. The number of methoxy groups -OCH3 is 1. The van der Waals surface area contributed by atoms with Crippen LogP contribution in [0.4, 0.5) is 0 Å². The van der Waals surface area contributed by atoms with Crippen LogP contribution >= 0.6 is 22.9 Å². The van der Waals surface area contributed by atoms with E-state index in [-0.39, 0.29) is 0 Å². The van der Waals surface area contributed by atoms with Crippen LogP contribution in [0.15, 0.2) is 23.6 Å². The number of pyridine rings is 1. The Balaban J connectivity index is 1.89. The molecule has 3 aromatic rings. The van der Waals surface area contributed by atoms with Crippen LogP contribution in [0.5, 0.6) is 5.75 Å². The van der Waals surface area contributed by atoms with E-state index in [0.29, 0.717) is 10.9 Å². The third-order valence-electron chi connectivity index (χ3n) is 3.68. The van der Waals surface area contributed by atoms with Crippen LogP contribution in [0.2, 0.25) is 5.02 Å². The zero-order valence-corrected chi connectivity index (χ0v) is 13.0. The normalized spacial score (nSPS) is 14.6. The summed E-state index contributed by atoms with van der Waals surface area (Å²) in [5, 5.41) is 4.42. The lowest BCUT2D eigenvalue weighted by Gasteiger charge is -2.08. The molecule has 1 aliphatic carbocycles. The van der Waals surface area contributed by atoms with Gasteiger partial charge in [0.15, 0.2) is 0 Å². The summed E-state index contributed by atoms with van der Waals surface area (Å²) in [7, 11) is 1.64. The van der Waals surface area contributed by atoms with Gasteiger partial charge in [-0.05, 0) is 25.0 Å². The number of thiazole rings is 1. The number of hydrogen-bond acceptors (Lipinski definition) is 4. The van der Waals surface area contributed by atoms with Crippen molar-refractivity contribution in [2.45, 2.75) is 18.8 Å². The number of halogens is 1. The van der Waals surface area contributed by atoms with Crippen LogP contribution in [-0.2, 0) is 0 Å². The molecule has 0 N–H and O–H groups in total. The first-order valence-electron chi connectivity index (χ1n) is 6.77. The largest absolute Gasteiger partial charge is 0.496 e. The molecule has 0 spiro atoms. The average Bonchev–Trinajstić information content (AvgIpc) is 3.25. The highest BCUT2D eigenvalue weighted by molar-refractivity contribution is 7.13. The van der Waals surface area contributed by atoms with Gasteiger partial charge in [-0.3, -0.25) is 0 Å². The number of nitrogens with zero attached hydrogens (tertiary/aromatic N) is 2. The summed E-state index contributed by atoms with van der Waals surface area (Å²) in [6.07, 6.45) is 5.51. The molecule has 0 bridgehead atoms. The summed E-state index contributed by atoms with van der Waals surface area (Å²) in [4.78, 5) is 9.06. The number of aromatic nitrogens is 2. The first kappa shape index (κ1) is 13.0. The zero-order chi connectivity index (χ0) is 14.4. The fraction of sp³-hybridized carbons (Fsp3) is 0.250. The van der Waals surface area contributed by atoms with E-state index >= 15 is 0 Å². The van der Waals surface area contributed by atoms with Gasteiger partial charge in [-0.25, -0.2) is 9.97 Å². The second kappa shape index (κ2) is 4.97. The van der Waals surface area contributed by atoms with Crippen LogP contribution in [0.1, 0.15) is 24.5 Å². The molecular formula is C16H12ClN2OS. The Morgan fingerprint density at radius 3 is 3.00 bits per heavy atom. The van der Waals surface area contributed by atoms with Crippen LogP contribution < -0.4 is 4.74 Å². The van der Waals surface area contributed by atoms with Crippen molar-refractivity contribution in [1.29, 1.82) is 0 Å². The quantitative estimate of drug-likeness (QED) is 0.703. The molecule has 1 aromatic carbocycles. The Morgan fingerprint density at radius 2 is 2.24 bits per heavy atom. The van der Waals surface area contributed by atoms with Crippen LogP contribution in [0.3, 0.4) is 0 Å². The van der Waals surface area contributed by atoms with Gasteiger partial charge in [-0.2, -0.15) is 0 Å². The van der Waals surface area contributed by atoms with Gasteiger partial charge in [-0.15, -0.1) is 11.3 Å². The Morgan fingerprint density at radius 1 is 1.38 bits per heavy atom. The number of hydrogen-bond donors (Lipinski definition) is 0. The fourth-order valence-electron chi connectivity index (χ4n) is 2.40. The maximum atomic E-state index is 6.58. The smallest absolute Gasteiger partial charge is 0.129 e. The maximum Gasteiger partial charge on any atom is 0.129 e. The fourth-order valence-corrected chi connectivity index (χ4v) is 3.68. The molecule has 1 aliphatic rings. The highest BCUT2D eigenvalue weighted by atomic mass is 35.5. The predicted molar refractivity (Wildman–Crippen MR) is 85.2 cm³/mol. The SMILES string of the molecule is COc1cccc2n[c]c(-c3nc(C4CC4)cs3)c(Cl)c12. The van der Waals surface area contributed by atoms with Crippen LogP contribution in [-0.4, -0.2) is 17.1 Å². The molecule has 0 aliphatic heterocycles. The number of benzene rings is 1. The van der Waals surface area contributed by atoms with Crippen molar-refractivity contribution in [3.8, 4) is 16.3 Å². The molecule has 0 atom stereocenters. The van der Waals surface area contributed by atoms with E-state index in [1.165, 1.54) is 18.5 Å². The van der Waals surface area contributed by atoms with E-state index in [1.54, 1.807) is 18.4 Å². The van der Waals surface area contributed by atoms with Gasteiger partial charge in [0.05, 0.1) is 34.3 Å². The molecule has 4 rings (SSSR count). The molecule has 5 heteroatoms. The van der Waals surface area contributed by atoms with Crippen molar-refractivity contribution in [2.24, 2.45) is 0 Å². The molecule has 2 heterocycles. The molecule has 0 unspecified atom stereocenters. The Bertz CT molecular complexity index is 826. The third-order valence-corrected chi connectivity index (χ3v) is 4.94. The van der Waals surface area contributed by atoms with E-state index in [1.807, 2.05) is 18.2 Å². The second-order valence-corrected chi connectivity index (χ2v) is 6.35. The summed E-state index contributed by atoms with van der Waals surface area (Å²) in [6.45, 7) is 0. The zero-order valence-electron chi connectivity index (χ0n) is 11.4. The van der Waals surface area contributed by atoms with Gasteiger partial charge >= 0.3 is 0 Å². The van der Waals surface area contributed by atoms with Crippen molar-refractivity contribution < 1.29 is 4.74 Å². The van der Waals surface area contributed by atoms with E-state index in [2.05, 4.69) is 21.5 Å². The van der Waals surface area contributed by atoms with Crippen molar-refractivity contribution >= 4 is 33.8 Å². The summed E-state index contributed by atoms with van der Waals surface area (Å²) < 4.78 is 5.40. The number of ether oxygens (including phenoxy) is 1. The molecule has 3 nitrogen and oxygen atoms in total. The minimum atomic E-state index is 0.606. The van der Waals surface area contributed by atoms with Gasteiger partial charge in [0.2, 0.25) is 0 Å². The summed E-state index contributed by atoms with van der Waals surface area (Å²) in [5.41, 5.74) is 2.70. The molecule has 0 saturated heterocycles. The van der Waals surface area contributed by atoms with E-state index < -0.39 is 0 Å². The number of rotatable bonds is 3. The Labute approximate surface area is 131 Å². The van der Waals surface area contributed by atoms with E-state index in [4.69, 9.17) is 16.3 Å². The third kappa shape index (κ3) is 2.19. The molecule has 2 aromatic heterocycles. The van der Waals surface area contributed by atoms with E-state index in [0.717, 1.165) is 27.2 Å². The minimum absolute atomic E-state index is 0.606. The highest BCUT2D eigenvalue weighted by Gasteiger charge is 2.26. The van der Waals surface area contributed by atoms with Gasteiger partial charge in [-0.1, -0.05) is 17.7 Å². The number of fused-ring (bicyclic) bond motifs is 1. The molecule has 21 heavy (non-hydrogen) atoms. The lowest BCUT2D eigenvalue weighted by Crippen LogP contribution is -1.91. The lowest BCUT2D eigenvalue weighted by molar-refractivity contribution is 0.420. The van der Waals surface area contributed by atoms with Gasteiger partial charge < -0.3 is 4.74 Å². The molecule has 105 valence electrons. The Kier molecular flexibility index (Phi) is 3.08. The standard InChI is InChI=1S/C16H12ClN2OS/c1-20-13-4-2-3-11-14(13)15(17)10(7-18-11)16-19-12(8-21-16)9-5-6-9/h2-4,8-9H,5-6H2,1H3. The first-order valence-corrected chi connectivity index (χ1v) is 8.03. The summed E-state index contributed by atoms with van der Waals surface area (Å²) in [6, 6.07) is 5.69. The molecule has 0 amide bonds. The average molecular weight is 316 g/mol. The first-order chi connectivity index (χ1) is 10.3. The molecule has 1 saturated carbocycles. The van der Waals surface area contributed by atoms with Crippen molar-refractivity contribution in [3.05, 3.63) is 40.5 Å². The topological polar surface area (TPSA) is 35.0 Å². The van der Waals surface area contributed by atoms with Crippen LogP contribution in [0.25, 0.3) is 21.5 Å². The van der Waals surface area contributed by atoms with Crippen molar-refractivity contribution in [1.82, 2.24) is 9.97 Å². The van der Waals surface area contributed by atoms with Crippen LogP contribution in [0, 0.1) is 6.20 Å². The van der Waals surface area contributed by atoms with E-state index in [9.17, 15) is 0 Å². The maximum absolute atomic E-state index is 6.58. The Hall–Kier alpha value is -1.65. The lowest BCUT2D eigenvalue weighted by atomic mass is 10.1. The van der Waals surface area contributed by atoms with Gasteiger partial charge in [0.25, 0.3) is 0 Å². The van der Waals surface area contributed by atoms with Crippen molar-refractivity contribution in [2.75, 3.05) is 7.11 Å². The molecule has 1 radical (unpaired) electrons. The molecule has 1 fully saturated rings. The van der Waals surface area contributed by atoms with Gasteiger partial charge in [0, 0.05) is 11.3 Å². The predicted octanol–water partition coefficient (Wildman–Crippen LogP) is 4.70. The highest BCUT2D eigenvalue weighted by Crippen LogP contribution is 2.43. The summed E-state index contributed by atoms with van der Waals surface area (Å²) >= 11 is 8.18. The minimum Gasteiger partial charge on any atom is -0.496 e. The summed E-state index contributed by atoms with van der Waals surface area (Å²) in [5.74, 6) is 1.36. The van der Waals surface area contributed by atoms with Gasteiger partial charge in [0.1, 0.15) is 17.0 Å².